The number of hydroxylamine groups is 1. The molecular formula is C22H26N4O. The van der Waals surface area contributed by atoms with Gasteiger partial charge in [0, 0.05) is 11.1 Å². The molecule has 2 heterocycles. The molecule has 0 radical (unpaired) electrons. The molecule has 1 aliphatic heterocycles. The van der Waals surface area contributed by atoms with Gasteiger partial charge in [-0.1, -0.05) is 47.7 Å². The van der Waals surface area contributed by atoms with Crippen LogP contribution >= 0.6 is 0 Å². The quantitative estimate of drug-likeness (QED) is 0.641. The van der Waals surface area contributed by atoms with E-state index in [9.17, 15) is 0 Å². The van der Waals surface area contributed by atoms with Crippen molar-refractivity contribution in [3.8, 4) is 22.5 Å². The van der Waals surface area contributed by atoms with Crippen LogP contribution in [0.4, 0.5) is 5.69 Å². The minimum Gasteiger partial charge on any atom is -0.270 e. The second kappa shape index (κ2) is 6.50. The molecule has 0 amide bonds. The van der Waals surface area contributed by atoms with E-state index in [1.807, 2.05) is 15.8 Å². The van der Waals surface area contributed by atoms with Crippen molar-refractivity contribution in [1.82, 2.24) is 15.0 Å². The van der Waals surface area contributed by atoms with Gasteiger partial charge in [0.15, 0.2) is 0 Å². The number of benzene rings is 2. The van der Waals surface area contributed by atoms with Crippen LogP contribution in [0.15, 0.2) is 48.5 Å². The van der Waals surface area contributed by atoms with Crippen LogP contribution in [0, 0.1) is 0 Å². The van der Waals surface area contributed by atoms with Crippen LogP contribution in [-0.4, -0.2) is 21.1 Å². The third-order valence-electron chi connectivity index (χ3n) is 4.66. The standard InChI is InChI=1S/C22H26N4O/c1-15(2)27-25-14-16-10-6-7-11-17(16)20-21(18-12-8-9-13-19(18)25)26(24-23-20)22(3,4)5/h6-13,15H,14H2,1-5H3. The van der Waals surface area contributed by atoms with Crippen molar-refractivity contribution in [3.05, 3.63) is 54.1 Å². The van der Waals surface area contributed by atoms with Gasteiger partial charge in [0.25, 0.3) is 0 Å². The zero-order valence-corrected chi connectivity index (χ0v) is 16.6. The first-order chi connectivity index (χ1) is 12.9. The van der Waals surface area contributed by atoms with Crippen molar-refractivity contribution < 1.29 is 4.84 Å². The van der Waals surface area contributed by atoms with Gasteiger partial charge in [-0.3, -0.25) is 4.84 Å². The van der Waals surface area contributed by atoms with E-state index >= 15 is 0 Å². The van der Waals surface area contributed by atoms with Crippen molar-refractivity contribution in [2.24, 2.45) is 0 Å². The van der Waals surface area contributed by atoms with Crippen molar-refractivity contribution in [3.63, 3.8) is 0 Å². The fraction of sp³-hybridized carbons (Fsp3) is 0.364. The minimum atomic E-state index is -0.189. The lowest BCUT2D eigenvalue weighted by Crippen LogP contribution is -2.29. The summed E-state index contributed by atoms with van der Waals surface area (Å²) < 4.78 is 2.02. The zero-order valence-electron chi connectivity index (χ0n) is 16.6. The Morgan fingerprint density at radius 1 is 0.963 bits per heavy atom. The summed E-state index contributed by atoms with van der Waals surface area (Å²) in [5, 5.41) is 11.1. The summed E-state index contributed by atoms with van der Waals surface area (Å²) in [6, 6.07) is 16.7. The van der Waals surface area contributed by atoms with E-state index in [0.29, 0.717) is 6.54 Å². The summed E-state index contributed by atoms with van der Waals surface area (Å²) in [6.07, 6.45) is 0.0785. The number of aromatic nitrogens is 3. The molecule has 1 aromatic heterocycles. The van der Waals surface area contributed by atoms with Crippen LogP contribution in [0.1, 0.15) is 40.2 Å². The SMILES string of the molecule is CC(C)ON1Cc2ccccc2-c2nnn(C(C)(C)C)c2-c2ccccc21. The number of nitrogens with zero attached hydrogens (tertiary/aromatic N) is 4. The number of rotatable bonds is 2. The lowest BCUT2D eigenvalue weighted by molar-refractivity contribution is 0.0528. The van der Waals surface area contributed by atoms with Gasteiger partial charge in [-0.2, -0.15) is 0 Å². The molecule has 0 unspecified atom stereocenters. The lowest BCUT2D eigenvalue weighted by Gasteiger charge is -2.31. The highest BCUT2D eigenvalue weighted by Gasteiger charge is 2.30. The first kappa shape index (κ1) is 17.7. The molecule has 0 aliphatic carbocycles. The van der Waals surface area contributed by atoms with Gasteiger partial charge in [-0.25, -0.2) is 9.75 Å². The molecule has 1 aliphatic rings. The van der Waals surface area contributed by atoms with E-state index < -0.39 is 0 Å². The van der Waals surface area contributed by atoms with E-state index in [2.05, 4.69) is 87.4 Å². The Labute approximate surface area is 160 Å². The summed E-state index contributed by atoms with van der Waals surface area (Å²) in [5.74, 6) is 0. The Morgan fingerprint density at radius 2 is 1.63 bits per heavy atom. The summed E-state index contributed by atoms with van der Waals surface area (Å²) in [4.78, 5) is 6.21. The van der Waals surface area contributed by atoms with Gasteiger partial charge in [0.1, 0.15) is 5.69 Å². The van der Waals surface area contributed by atoms with E-state index in [0.717, 1.165) is 28.2 Å². The molecule has 0 atom stereocenters. The third-order valence-corrected chi connectivity index (χ3v) is 4.66. The Kier molecular flexibility index (Phi) is 4.27. The fourth-order valence-corrected chi connectivity index (χ4v) is 3.54. The molecule has 27 heavy (non-hydrogen) atoms. The van der Waals surface area contributed by atoms with Crippen LogP contribution in [-0.2, 0) is 16.9 Å². The predicted molar refractivity (Wildman–Crippen MR) is 108 cm³/mol. The summed E-state index contributed by atoms with van der Waals surface area (Å²) in [5.41, 5.74) is 6.17. The van der Waals surface area contributed by atoms with Gasteiger partial charge in [0.2, 0.25) is 0 Å². The lowest BCUT2D eigenvalue weighted by atomic mass is 9.95. The van der Waals surface area contributed by atoms with E-state index in [1.165, 1.54) is 5.56 Å². The highest BCUT2D eigenvalue weighted by molar-refractivity contribution is 5.87. The number of para-hydroxylation sites is 1. The molecule has 140 valence electrons. The predicted octanol–water partition coefficient (Wildman–Crippen LogP) is 5.03. The van der Waals surface area contributed by atoms with Gasteiger partial charge in [0.05, 0.1) is 29.6 Å². The Morgan fingerprint density at radius 3 is 2.33 bits per heavy atom. The molecule has 0 fully saturated rings. The summed E-state index contributed by atoms with van der Waals surface area (Å²) >= 11 is 0. The smallest absolute Gasteiger partial charge is 0.121 e. The Bertz CT molecular complexity index is 968. The van der Waals surface area contributed by atoms with Crippen LogP contribution in [0.2, 0.25) is 0 Å². The van der Waals surface area contributed by atoms with Crippen molar-refractivity contribution >= 4 is 5.69 Å². The molecule has 0 saturated carbocycles. The maximum atomic E-state index is 6.21. The topological polar surface area (TPSA) is 43.2 Å². The summed E-state index contributed by atoms with van der Waals surface area (Å²) in [7, 11) is 0. The van der Waals surface area contributed by atoms with Crippen LogP contribution in [0.5, 0.6) is 0 Å². The van der Waals surface area contributed by atoms with Crippen molar-refractivity contribution in [2.75, 3.05) is 5.06 Å². The van der Waals surface area contributed by atoms with Gasteiger partial charge in [-0.05, 0) is 46.2 Å². The van der Waals surface area contributed by atoms with Crippen LogP contribution < -0.4 is 5.06 Å². The third kappa shape index (κ3) is 3.12. The number of hydrogen-bond donors (Lipinski definition) is 0. The van der Waals surface area contributed by atoms with E-state index in [-0.39, 0.29) is 11.6 Å². The molecule has 3 aromatic rings. The highest BCUT2D eigenvalue weighted by Crippen LogP contribution is 2.42. The summed E-state index contributed by atoms with van der Waals surface area (Å²) in [6.45, 7) is 11.2. The average Bonchev–Trinajstić information content (AvgIpc) is 3.05. The Hall–Kier alpha value is -2.66. The van der Waals surface area contributed by atoms with E-state index in [4.69, 9.17) is 4.84 Å². The van der Waals surface area contributed by atoms with Crippen molar-refractivity contribution in [1.29, 1.82) is 0 Å². The first-order valence-corrected chi connectivity index (χ1v) is 9.44. The largest absolute Gasteiger partial charge is 0.270 e. The average molecular weight is 362 g/mol. The fourth-order valence-electron chi connectivity index (χ4n) is 3.54. The second-order valence-electron chi connectivity index (χ2n) is 8.23. The van der Waals surface area contributed by atoms with Crippen LogP contribution in [0.3, 0.4) is 0 Å². The molecule has 5 heteroatoms. The minimum absolute atomic E-state index is 0.0785. The molecule has 4 rings (SSSR count). The van der Waals surface area contributed by atoms with Crippen molar-refractivity contribution in [2.45, 2.75) is 52.8 Å². The monoisotopic (exact) mass is 362 g/mol. The van der Waals surface area contributed by atoms with Gasteiger partial charge >= 0.3 is 0 Å². The van der Waals surface area contributed by atoms with Gasteiger partial charge < -0.3 is 0 Å². The van der Waals surface area contributed by atoms with Gasteiger partial charge in [-0.15, -0.1) is 5.10 Å². The molecule has 0 N–H and O–H groups in total. The normalized spacial score (nSPS) is 13.6. The Balaban J connectivity index is 2.06. The maximum Gasteiger partial charge on any atom is 0.121 e. The van der Waals surface area contributed by atoms with E-state index in [1.54, 1.807) is 0 Å². The molecule has 0 spiro atoms. The molecule has 0 saturated heterocycles. The highest BCUT2D eigenvalue weighted by atomic mass is 16.7. The van der Waals surface area contributed by atoms with Crippen LogP contribution in [0.25, 0.3) is 22.5 Å². The first-order valence-electron chi connectivity index (χ1n) is 9.44. The second-order valence-corrected chi connectivity index (χ2v) is 8.23. The zero-order chi connectivity index (χ0) is 19.2. The molecule has 2 aromatic carbocycles. The maximum absolute atomic E-state index is 6.21. The number of hydrogen-bond acceptors (Lipinski definition) is 4. The number of fused-ring (bicyclic) bond motifs is 5. The molecular weight excluding hydrogens is 336 g/mol. The molecule has 5 nitrogen and oxygen atoms in total. The molecule has 0 bridgehead atoms. The number of anilines is 1.